The lowest BCUT2D eigenvalue weighted by Gasteiger charge is -2.09. The van der Waals surface area contributed by atoms with Crippen molar-refractivity contribution in [2.45, 2.75) is 12.5 Å². The predicted octanol–water partition coefficient (Wildman–Crippen LogP) is -0.718. The first-order valence-electron chi connectivity index (χ1n) is 4.94. The van der Waals surface area contributed by atoms with Crippen molar-refractivity contribution in [3.05, 3.63) is 23.9 Å². The van der Waals surface area contributed by atoms with E-state index in [0.717, 1.165) is 0 Å². The topological polar surface area (TPSA) is 97.1 Å². The highest BCUT2D eigenvalue weighted by Crippen LogP contribution is 2.04. The van der Waals surface area contributed by atoms with Gasteiger partial charge in [-0.05, 0) is 12.1 Å². The fraction of sp³-hybridized carbons (Fsp3) is 0.300. The summed E-state index contributed by atoms with van der Waals surface area (Å²) < 4.78 is 0. The summed E-state index contributed by atoms with van der Waals surface area (Å²) in [5.41, 5.74) is 5.85. The number of hydrogen-bond acceptors (Lipinski definition) is 4. The van der Waals surface area contributed by atoms with E-state index in [4.69, 9.17) is 5.73 Å². The Bertz CT molecular complexity index is 415. The zero-order valence-electron chi connectivity index (χ0n) is 8.56. The number of carbonyl (C=O) groups excluding carboxylic acids is 2. The Kier molecular flexibility index (Phi) is 2.72. The van der Waals surface area contributed by atoms with Crippen LogP contribution in [-0.2, 0) is 4.79 Å². The van der Waals surface area contributed by atoms with Crippen molar-refractivity contribution in [1.82, 2.24) is 15.6 Å². The molecule has 2 heterocycles. The molecule has 0 aromatic carbocycles. The maximum atomic E-state index is 11.7. The van der Waals surface area contributed by atoms with E-state index >= 15 is 0 Å². The molecule has 16 heavy (non-hydrogen) atoms. The average Bonchev–Trinajstić information content (AvgIpc) is 2.65. The highest BCUT2D eigenvalue weighted by molar-refractivity contribution is 5.94. The second-order valence-electron chi connectivity index (χ2n) is 3.65. The third-order valence-corrected chi connectivity index (χ3v) is 2.36. The highest BCUT2D eigenvalue weighted by Gasteiger charge is 2.23. The Balaban J connectivity index is 1.98. The van der Waals surface area contributed by atoms with Gasteiger partial charge >= 0.3 is 0 Å². The number of nitrogen functional groups attached to an aromatic ring is 1. The van der Waals surface area contributed by atoms with Crippen molar-refractivity contribution in [3.63, 3.8) is 0 Å². The Morgan fingerprint density at radius 3 is 2.94 bits per heavy atom. The van der Waals surface area contributed by atoms with Crippen molar-refractivity contribution < 1.29 is 9.59 Å². The van der Waals surface area contributed by atoms with Gasteiger partial charge in [0.05, 0.1) is 11.6 Å². The van der Waals surface area contributed by atoms with Crippen LogP contribution in [0.5, 0.6) is 0 Å². The maximum absolute atomic E-state index is 11.7. The normalized spacial score (nSPS) is 19.2. The van der Waals surface area contributed by atoms with Gasteiger partial charge in [-0.2, -0.15) is 0 Å². The minimum atomic E-state index is -0.242. The molecular weight excluding hydrogens is 208 g/mol. The Hall–Kier alpha value is -2.11. The van der Waals surface area contributed by atoms with Crippen LogP contribution in [0.4, 0.5) is 5.82 Å². The third kappa shape index (κ3) is 2.28. The number of nitrogens with two attached hydrogens (primary N) is 1. The van der Waals surface area contributed by atoms with Crippen LogP contribution >= 0.6 is 0 Å². The van der Waals surface area contributed by atoms with Crippen molar-refractivity contribution >= 4 is 17.6 Å². The zero-order valence-corrected chi connectivity index (χ0v) is 8.56. The SMILES string of the molecule is Nc1ccc(C(=O)NC2CNC(=O)C2)cn1. The molecule has 1 aliphatic heterocycles. The van der Waals surface area contributed by atoms with Crippen LogP contribution in [0, 0.1) is 0 Å². The van der Waals surface area contributed by atoms with Crippen LogP contribution < -0.4 is 16.4 Å². The lowest BCUT2D eigenvalue weighted by atomic mass is 10.2. The first-order valence-corrected chi connectivity index (χ1v) is 4.94. The number of carbonyl (C=O) groups is 2. The fourth-order valence-corrected chi connectivity index (χ4v) is 1.52. The van der Waals surface area contributed by atoms with E-state index in [1.54, 1.807) is 12.1 Å². The molecule has 1 saturated heterocycles. The van der Waals surface area contributed by atoms with Crippen LogP contribution in [0.1, 0.15) is 16.8 Å². The quantitative estimate of drug-likeness (QED) is 0.612. The summed E-state index contributed by atoms with van der Waals surface area (Å²) in [5.74, 6) is 0.0870. The molecule has 1 aliphatic rings. The van der Waals surface area contributed by atoms with Gasteiger partial charge < -0.3 is 16.4 Å². The van der Waals surface area contributed by atoms with Gasteiger partial charge in [0.25, 0.3) is 5.91 Å². The number of nitrogens with zero attached hydrogens (tertiary/aromatic N) is 1. The van der Waals surface area contributed by atoms with Crippen molar-refractivity contribution in [3.8, 4) is 0 Å². The molecule has 1 atom stereocenters. The third-order valence-electron chi connectivity index (χ3n) is 2.36. The molecule has 0 bridgehead atoms. The first kappa shape index (κ1) is 10.4. The molecule has 0 aliphatic carbocycles. The van der Waals surface area contributed by atoms with Crippen LogP contribution in [0.15, 0.2) is 18.3 Å². The number of nitrogens with one attached hydrogen (secondary N) is 2. The van der Waals surface area contributed by atoms with E-state index in [0.29, 0.717) is 24.3 Å². The van der Waals surface area contributed by atoms with E-state index in [1.165, 1.54) is 6.20 Å². The predicted molar refractivity (Wildman–Crippen MR) is 57.5 cm³/mol. The zero-order chi connectivity index (χ0) is 11.5. The Morgan fingerprint density at radius 1 is 1.56 bits per heavy atom. The van der Waals surface area contributed by atoms with Gasteiger partial charge in [0.1, 0.15) is 5.82 Å². The summed E-state index contributed by atoms with van der Waals surface area (Å²) in [5, 5.41) is 5.39. The molecule has 1 unspecified atom stereocenters. The monoisotopic (exact) mass is 220 g/mol. The Morgan fingerprint density at radius 2 is 2.38 bits per heavy atom. The van der Waals surface area contributed by atoms with E-state index in [2.05, 4.69) is 15.6 Å². The van der Waals surface area contributed by atoms with Gasteiger partial charge in [0, 0.05) is 19.2 Å². The standard InChI is InChI=1S/C10H12N4O2/c11-8-2-1-6(4-12-8)10(16)14-7-3-9(15)13-5-7/h1-2,4,7H,3,5H2,(H2,11,12)(H,13,15)(H,14,16). The van der Waals surface area contributed by atoms with E-state index < -0.39 is 0 Å². The van der Waals surface area contributed by atoms with Gasteiger partial charge in [-0.15, -0.1) is 0 Å². The summed E-state index contributed by atoms with van der Waals surface area (Å²) >= 11 is 0. The van der Waals surface area contributed by atoms with Gasteiger partial charge in [-0.25, -0.2) is 4.98 Å². The van der Waals surface area contributed by atoms with Gasteiger partial charge in [0.15, 0.2) is 0 Å². The lowest BCUT2D eigenvalue weighted by molar-refractivity contribution is -0.119. The first-order chi connectivity index (χ1) is 7.65. The highest BCUT2D eigenvalue weighted by atomic mass is 16.2. The van der Waals surface area contributed by atoms with Crippen molar-refractivity contribution in [2.24, 2.45) is 0 Å². The van der Waals surface area contributed by atoms with Crippen LogP contribution in [0.2, 0.25) is 0 Å². The van der Waals surface area contributed by atoms with E-state index in [1.807, 2.05) is 0 Å². The average molecular weight is 220 g/mol. The van der Waals surface area contributed by atoms with Crippen LogP contribution in [-0.4, -0.2) is 29.4 Å². The molecule has 0 radical (unpaired) electrons. The molecule has 4 N–H and O–H groups in total. The minimum Gasteiger partial charge on any atom is -0.384 e. The summed E-state index contributed by atoms with van der Waals surface area (Å²) in [4.78, 5) is 26.4. The summed E-state index contributed by atoms with van der Waals surface area (Å²) in [6.45, 7) is 0.479. The molecule has 1 aromatic rings. The smallest absolute Gasteiger partial charge is 0.253 e. The number of anilines is 1. The Labute approximate surface area is 92.2 Å². The number of hydrogen-bond donors (Lipinski definition) is 3. The van der Waals surface area contributed by atoms with Gasteiger partial charge in [0.2, 0.25) is 5.91 Å². The van der Waals surface area contributed by atoms with Crippen molar-refractivity contribution in [1.29, 1.82) is 0 Å². The molecule has 2 rings (SSSR count). The van der Waals surface area contributed by atoms with Crippen LogP contribution in [0.3, 0.4) is 0 Å². The number of rotatable bonds is 2. The van der Waals surface area contributed by atoms with Gasteiger partial charge in [-0.1, -0.05) is 0 Å². The molecule has 0 saturated carbocycles. The lowest BCUT2D eigenvalue weighted by Crippen LogP contribution is -2.36. The second-order valence-corrected chi connectivity index (χ2v) is 3.65. The molecule has 1 aromatic heterocycles. The molecule has 2 amide bonds. The summed E-state index contributed by atoms with van der Waals surface area (Å²) in [6, 6.07) is 3.02. The minimum absolute atomic E-state index is 0.0410. The second kappa shape index (κ2) is 4.18. The molecule has 6 heteroatoms. The largest absolute Gasteiger partial charge is 0.384 e. The van der Waals surface area contributed by atoms with E-state index in [-0.39, 0.29) is 17.9 Å². The van der Waals surface area contributed by atoms with Gasteiger partial charge in [-0.3, -0.25) is 9.59 Å². The van der Waals surface area contributed by atoms with E-state index in [9.17, 15) is 9.59 Å². The summed E-state index contributed by atoms with van der Waals surface area (Å²) in [7, 11) is 0. The molecular formula is C10H12N4O2. The maximum Gasteiger partial charge on any atom is 0.253 e. The van der Waals surface area contributed by atoms with Crippen LogP contribution in [0.25, 0.3) is 0 Å². The molecule has 0 spiro atoms. The molecule has 1 fully saturated rings. The number of aromatic nitrogens is 1. The molecule has 6 nitrogen and oxygen atoms in total. The fourth-order valence-electron chi connectivity index (χ4n) is 1.52. The summed E-state index contributed by atoms with van der Waals surface area (Å²) in [6.07, 6.45) is 1.74. The van der Waals surface area contributed by atoms with Crippen molar-refractivity contribution in [2.75, 3.05) is 12.3 Å². The molecule has 84 valence electrons. The number of pyridine rings is 1. The number of amides is 2.